The number of carbonyl (C=O) groups excluding carboxylic acids is 1. The Kier molecular flexibility index (Phi) is 5.50. The molecule has 0 aliphatic carbocycles. The molecule has 6 heteroatoms. The van der Waals surface area contributed by atoms with Crippen LogP contribution in [0.5, 0.6) is 0 Å². The third kappa shape index (κ3) is 4.39. The van der Waals surface area contributed by atoms with Crippen molar-refractivity contribution >= 4 is 11.7 Å². The second-order valence-electron chi connectivity index (χ2n) is 5.79. The fraction of sp³-hybridized carbons (Fsp3) is 0.667. The Morgan fingerprint density at radius 2 is 1.95 bits per heavy atom. The minimum absolute atomic E-state index is 0.0198. The molecule has 2 heterocycles. The lowest BCUT2D eigenvalue weighted by Gasteiger charge is -2.33. The van der Waals surface area contributed by atoms with Gasteiger partial charge in [-0.1, -0.05) is 20.8 Å². The zero-order valence-electron chi connectivity index (χ0n) is 13.2. The summed E-state index contributed by atoms with van der Waals surface area (Å²) in [5.74, 6) is 1.24. The standard InChI is InChI=1S/C15H25N5O/c1-4-19-5-7-20(8-6-19)15(21)13-10-18-14(11-16-13)17-9-12(2)3/h10-12H,4-9H2,1-3H3,(H,17,18). The van der Waals surface area contributed by atoms with E-state index in [1.807, 2.05) is 4.90 Å². The number of aromatic nitrogens is 2. The number of nitrogens with one attached hydrogen (secondary N) is 1. The molecule has 21 heavy (non-hydrogen) atoms. The molecule has 0 spiro atoms. The van der Waals surface area contributed by atoms with E-state index in [9.17, 15) is 4.79 Å². The molecule has 1 fully saturated rings. The van der Waals surface area contributed by atoms with Crippen molar-refractivity contribution in [3.05, 3.63) is 18.1 Å². The Hall–Kier alpha value is -1.69. The minimum atomic E-state index is -0.0198. The van der Waals surface area contributed by atoms with Gasteiger partial charge in [-0.25, -0.2) is 9.97 Å². The molecule has 0 bridgehead atoms. The maximum absolute atomic E-state index is 12.4. The number of carbonyl (C=O) groups is 1. The molecule has 0 saturated carbocycles. The van der Waals surface area contributed by atoms with Crippen molar-refractivity contribution in [2.45, 2.75) is 20.8 Å². The summed E-state index contributed by atoms with van der Waals surface area (Å²) in [5.41, 5.74) is 0.426. The SMILES string of the molecule is CCN1CCN(C(=O)c2cnc(NCC(C)C)cn2)CC1. The summed E-state index contributed by atoms with van der Waals surface area (Å²) < 4.78 is 0. The Bertz CT molecular complexity index is 452. The average molecular weight is 291 g/mol. The van der Waals surface area contributed by atoms with E-state index >= 15 is 0 Å². The first kappa shape index (κ1) is 15.7. The molecule has 1 amide bonds. The first-order chi connectivity index (χ1) is 10.1. The zero-order valence-corrected chi connectivity index (χ0v) is 13.2. The van der Waals surface area contributed by atoms with Crippen molar-refractivity contribution in [2.75, 3.05) is 44.6 Å². The van der Waals surface area contributed by atoms with E-state index in [0.29, 0.717) is 11.6 Å². The van der Waals surface area contributed by atoms with Crippen molar-refractivity contribution < 1.29 is 4.79 Å². The number of rotatable bonds is 5. The molecule has 0 unspecified atom stereocenters. The van der Waals surface area contributed by atoms with E-state index in [4.69, 9.17) is 0 Å². The first-order valence-electron chi connectivity index (χ1n) is 7.67. The maximum atomic E-state index is 12.4. The van der Waals surface area contributed by atoms with Crippen LogP contribution in [0.1, 0.15) is 31.3 Å². The van der Waals surface area contributed by atoms with Gasteiger partial charge < -0.3 is 15.1 Å². The monoisotopic (exact) mass is 291 g/mol. The van der Waals surface area contributed by atoms with Crippen molar-refractivity contribution in [2.24, 2.45) is 5.92 Å². The van der Waals surface area contributed by atoms with Crippen LogP contribution in [0.2, 0.25) is 0 Å². The van der Waals surface area contributed by atoms with Gasteiger partial charge in [0, 0.05) is 32.7 Å². The van der Waals surface area contributed by atoms with Crippen LogP contribution in [0.4, 0.5) is 5.82 Å². The predicted molar refractivity (Wildman–Crippen MR) is 83.4 cm³/mol. The second kappa shape index (κ2) is 7.36. The Morgan fingerprint density at radius 1 is 1.24 bits per heavy atom. The van der Waals surface area contributed by atoms with Gasteiger partial charge in [-0.15, -0.1) is 0 Å². The second-order valence-corrected chi connectivity index (χ2v) is 5.79. The van der Waals surface area contributed by atoms with E-state index in [0.717, 1.165) is 45.1 Å². The number of amides is 1. The van der Waals surface area contributed by atoms with Crippen LogP contribution < -0.4 is 5.32 Å². The highest BCUT2D eigenvalue weighted by Gasteiger charge is 2.22. The van der Waals surface area contributed by atoms with Gasteiger partial charge in [-0.2, -0.15) is 0 Å². The lowest BCUT2D eigenvalue weighted by atomic mass is 10.2. The molecule has 116 valence electrons. The van der Waals surface area contributed by atoms with Crippen LogP contribution in [0.25, 0.3) is 0 Å². The summed E-state index contributed by atoms with van der Waals surface area (Å²) in [6, 6.07) is 0. The quantitative estimate of drug-likeness (QED) is 0.886. The van der Waals surface area contributed by atoms with Gasteiger partial charge in [-0.05, 0) is 12.5 Å². The highest BCUT2D eigenvalue weighted by atomic mass is 16.2. The number of hydrogen-bond donors (Lipinski definition) is 1. The maximum Gasteiger partial charge on any atom is 0.274 e. The van der Waals surface area contributed by atoms with Gasteiger partial charge >= 0.3 is 0 Å². The summed E-state index contributed by atoms with van der Waals surface area (Å²) in [5, 5.41) is 3.20. The van der Waals surface area contributed by atoms with E-state index in [2.05, 4.69) is 41.0 Å². The van der Waals surface area contributed by atoms with Gasteiger partial charge in [0.05, 0.1) is 12.4 Å². The van der Waals surface area contributed by atoms with E-state index in [1.54, 1.807) is 12.4 Å². The van der Waals surface area contributed by atoms with Crippen molar-refractivity contribution in [1.82, 2.24) is 19.8 Å². The number of likely N-dealkylation sites (N-methyl/N-ethyl adjacent to an activating group) is 1. The molecule has 1 aromatic rings. The van der Waals surface area contributed by atoms with Crippen LogP contribution in [-0.4, -0.2) is 64.9 Å². The zero-order chi connectivity index (χ0) is 15.2. The molecule has 1 aliphatic rings. The minimum Gasteiger partial charge on any atom is -0.369 e. The highest BCUT2D eigenvalue weighted by Crippen LogP contribution is 2.08. The molecule has 6 nitrogen and oxygen atoms in total. The number of hydrogen-bond acceptors (Lipinski definition) is 5. The molecule has 0 aromatic carbocycles. The van der Waals surface area contributed by atoms with Gasteiger partial charge in [0.15, 0.2) is 0 Å². The van der Waals surface area contributed by atoms with E-state index in [-0.39, 0.29) is 5.91 Å². The van der Waals surface area contributed by atoms with Gasteiger partial charge in [0.1, 0.15) is 11.5 Å². The molecular formula is C15H25N5O. The molecule has 2 rings (SSSR count). The van der Waals surface area contributed by atoms with Crippen molar-refractivity contribution in [3.8, 4) is 0 Å². The highest BCUT2D eigenvalue weighted by molar-refractivity contribution is 5.92. The Balaban J connectivity index is 1.91. The largest absolute Gasteiger partial charge is 0.369 e. The van der Waals surface area contributed by atoms with Crippen LogP contribution in [0, 0.1) is 5.92 Å². The third-order valence-electron chi connectivity index (χ3n) is 3.67. The summed E-state index contributed by atoms with van der Waals surface area (Å²) in [7, 11) is 0. The lowest BCUT2D eigenvalue weighted by Crippen LogP contribution is -2.48. The number of anilines is 1. The first-order valence-corrected chi connectivity index (χ1v) is 7.67. The van der Waals surface area contributed by atoms with E-state index in [1.165, 1.54) is 0 Å². The van der Waals surface area contributed by atoms with Gasteiger partial charge in [0.25, 0.3) is 5.91 Å². The normalized spacial score (nSPS) is 16.3. The Morgan fingerprint density at radius 3 is 2.48 bits per heavy atom. The van der Waals surface area contributed by atoms with Gasteiger partial charge in [-0.3, -0.25) is 4.79 Å². The summed E-state index contributed by atoms with van der Waals surface area (Å²) in [6.45, 7) is 11.7. The molecule has 1 N–H and O–H groups in total. The molecular weight excluding hydrogens is 266 g/mol. The topological polar surface area (TPSA) is 61.4 Å². The van der Waals surface area contributed by atoms with Crippen LogP contribution in [0.3, 0.4) is 0 Å². The molecule has 0 atom stereocenters. The van der Waals surface area contributed by atoms with Crippen LogP contribution >= 0.6 is 0 Å². The van der Waals surface area contributed by atoms with E-state index < -0.39 is 0 Å². The lowest BCUT2D eigenvalue weighted by molar-refractivity contribution is 0.0637. The predicted octanol–water partition coefficient (Wildman–Crippen LogP) is 1.32. The van der Waals surface area contributed by atoms with Crippen molar-refractivity contribution in [1.29, 1.82) is 0 Å². The molecule has 1 aliphatic heterocycles. The van der Waals surface area contributed by atoms with Crippen LogP contribution in [0.15, 0.2) is 12.4 Å². The Labute approximate surface area is 126 Å². The fourth-order valence-corrected chi connectivity index (χ4v) is 2.27. The smallest absolute Gasteiger partial charge is 0.274 e. The fourth-order valence-electron chi connectivity index (χ4n) is 2.27. The van der Waals surface area contributed by atoms with Crippen molar-refractivity contribution in [3.63, 3.8) is 0 Å². The number of piperazine rings is 1. The average Bonchev–Trinajstić information content (AvgIpc) is 2.53. The summed E-state index contributed by atoms with van der Waals surface area (Å²) in [4.78, 5) is 25.1. The third-order valence-corrected chi connectivity index (χ3v) is 3.67. The van der Waals surface area contributed by atoms with Gasteiger partial charge in [0.2, 0.25) is 0 Å². The molecule has 1 saturated heterocycles. The molecule has 0 radical (unpaired) electrons. The summed E-state index contributed by atoms with van der Waals surface area (Å²) in [6.07, 6.45) is 3.20. The van der Waals surface area contributed by atoms with Crippen LogP contribution in [-0.2, 0) is 0 Å². The summed E-state index contributed by atoms with van der Waals surface area (Å²) >= 11 is 0. The molecule has 1 aromatic heterocycles. The number of nitrogens with zero attached hydrogens (tertiary/aromatic N) is 4.